The highest BCUT2D eigenvalue weighted by Crippen LogP contribution is 2.16. The van der Waals surface area contributed by atoms with Crippen LogP contribution >= 0.6 is 0 Å². The van der Waals surface area contributed by atoms with Crippen LogP contribution in [-0.2, 0) is 20.7 Å². The van der Waals surface area contributed by atoms with Crippen LogP contribution in [0.1, 0.15) is 18.4 Å². The van der Waals surface area contributed by atoms with E-state index in [0.717, 1.165) is 5.56 Å². The number of benzene rings is 1. The molecule has 1 fully saturated rings. The molecule has 0 bridgehead atoms. The van der Waals surface area contributed by atoms with Crippen LogP contribution < -0.4 is 16.4 Å². The molecule has 5 N–H and O–H groups in total. The maximum absolute atomic E-state index is 12.5. The first-order chi connectivity index (χ1) is 12.0. The Morgan fingerprint density at radius 1 is 1.36 bits per heavy atom. The van der Waals surface area contributed by atoms with Gasteiger partial charge in [-0.25, -0.2) is 4.79 Å². The van der Waals surface area contributed by atoms with Crippen molar-refractivity contribution in [2.75, 3.05) is 13.2 Å². The van der Waals surface area contributed by atoms with Crippen LogP contribution in [0.2, 0.25) is 0 Å². The Morgan fingerprint density at radius 3 is 2.64 bits per heavy atom. The van der Waals surface area contributed by atoms with Crippen LogP contribution in [0.3, 0.4) is 0 Å². The number of primary amides is 1. The Hall–Kier alpha value is -2.61. The lowest BCUT2D eigenvalue weighted by Gasteiger charge is -2.22. The maximum Gasteiger partial charge on any atom is 0.405 e. The van der Waals surface area contributed by atoms with Gasteiger partial charge in [-0.2, -0.15) is 0 Å². The zero-order valence-electron chi connectivity index (χ0n) is 13.8. The first kappa shape index (κ1) is 18.7. The van der Waals surface area contributed by atoms with E-state index in [-0.39, 0.29) is 24.9 Å². The van der Waals surface area contributed by atoms with Gasteiger partial charge in [-0.05, 0) is 18.4 Å². The summed E-state index contributed by atoms with van der Waals surface area (Å²) in [5, 5.41) is 14.8. The average Bonchev–Trinajstić information content (AvgIpc) is 2.99. The molecule has 1 saturated heterocycles. The summed E-state index contributed by atoms with van der Waals surface area (Å²) < 4.78 is 4.92. The van der Waals surface area contributed by atoms with Gasteiger partial charge in [-0.1, -0.05) is 30.3 Å². The fourth-order valence-electron chi connectivity index (χ4n) is 2.84. The van der Waals surface area contributed by atoms with Gasteiger partial charge in [0.1, 0.15) is 0 Å². The van der Waals surface area contributed by atoms with Crippen molar-refractivity contribution in [3.63, 3.8) is 0 Å². The lowest BCUT2D eigenvalue weighted by atomic mass is 9.98. The number of amides is 3. The van der Waals surface area contributed by atoms with Crippen molar-refractivity contribution >= 4 is 17.9 Å². The summed E-state index contributed by atoms with van der Waals surface area (Å²) in [5.74, 6) is -0.885. The predicted octanol–water partition coefficient (Wildman–Crippen LogP) is -0.304. The third kappa shape index (κ3) is 5.75. The highest BCUT2D eigenvalue weighted by molar-refractivity contribution is 5.84. The van der Waals surface area contributed by atoms with Crippen LogP contribution in [-0.4, -0.2) is 48.3 Å². The molecule has 1 aromatic rings. The van der Waals surface area contributed by atoms with Gasteiger partial charge in [0.25, 0.3) is 5.91 Å². The quantitative estimate of drug-likeness (QED) is 0.512. The molecule has 136 valence electrons. The fourth-order valence-corrected chi connectivity index (χ4v) is 2.84. The monoisotopic (exact) mass is 349 g/mol. The van der Waals surface area contributed by atoms with E-state index in [1.165, 1.54) is 0 Å². The number of carbonyl (C=O) groups is 3. The number of rotatable bonds is 8. The number of aliphatic hydroxyl groups excluding tert-OH is 1. The van der Waals surface area contributed by atoms with Crippen molar-refractivity contribution in [3.8, 4) is 0 Å². The van der Waals surface area contributed by atoms with Crippen LogP contribution in [0.4, 0.5) is 4.79 Å². The molecule has 3 amide bonds. The molecule has 8 nitrogen and oxygen atoms in total. The first-order valence-corrected chi connectivity index (χ1v) is 8.18. The summed E-state index contributed by atoms with van der Waals surface area (Å²) in [6, 6.07) is 8.46. The van der Waals surface area contributed by atoms with E-state index in [4.69, 9.17) is 10.5 Å². The number of carbonyl (C=O) groups excluding carboxylic acids is 3. The van der Waals surface area contributed by atoms with Crippen LogP contribution in [0.25, 0.3) is 0 Å². The number of nitrogens with two attached hydrogens (primary N) is 1. The Kier molecular flexibility index (Phi) is 6.76. The number of hydrogen-bond acceptors (Lipinski definition) is 5. The van der Waals surface area contributed by atoms with Gasteiger partial charge in [-0.15, -0.1) is 0 Å². The zero-order valence-corrected chi connectivity index (χ0v) is 13.8. The minimum atomic E-state index is -1.11. The largest absolute Gasteiger partial charge is 0.436 e. The Labute approximate surface area is 145 Å². The molecule has 8 heteroatoms. The first-order valence-electron chi connectivity index (χ1n) is 8.18. The smallest absolute Gasteiger partial charge is 0.405 e. The molecule has 0 saturated carbocycles. The van der Waals surface area contributed by atoms with Crippen LogP contribution in [0.15, 0.2) is 30.3 Å². The molecule has 0 spiro atoms. The van der Waals surface area contributed by atoms with E-state index >= 15 is 0 Å². The third-order valence-electron chi connectivity index (χ3n) is 4.11. The van der Waals surface area contributed by atoms with E-state index in [0.29, 0.717) is 19.4 Å². The van der Waals surface area contributed by atoms with Gasteiger partial charge in [0, 0.05) is 18.9 Å². The topological polar surface area (TPSA) is 131 Å². The summed E-state index contributed by atoms with van der Waals surface area (Å²) in [4.78, 5) is 35.2. The molecule has 2 rings (SSSR count). The molecule has 0 aliphatic carbocycles. The second-order valence-electron chi connectivity index (χ2n) is 6.02. The number of nitrogens with one attached hydrogen (secondary N) is 2. The molecule has 3 unspecified atom stereocenters. The van der Waals surface area contributed by atoms with Crippen molar-refractivity contribution in [1.29, 1.82) is 0 Å². The lowest BCUT2D eigenvalue weighted by molar-refractivity contribution is -0.131. The van der Waals surface area contributed by atoms with Crippen LogP contribution in [0, 0.1) is 5.92 Å². The molecule has 1 aromatic carbocycles. The third-order valence-corrected chi connectivity index (χ3v) is 4.11. The molecular formula is C17H23N3O5. The Balaban J connectivity index is 1.98. The molecule has 1 aliphatic rings. The van der Waals surface area contributed by atoms with Crippen molar-refractivity contribution < 1.29 is 24.2 Å². The van der Waals surface area contributed by atoms with E-state index in [9.17, 15) is 19.5 Å². The van der Waals surface area contributed by atoms with E-state index in [2.05, 4.69) is 10.6 Å². The molecular weight excluding hydrogens is 326 g/mol. The second-order valence-corrected chi connectivity index (χ2v) is 6.02. The standard InChI is InChI=1S/C17H23N3O5/c18-17(24)25-14(8-11-4-2-1-3-5-11)16(23)20-13(10-21)9-12-6-7-19-15(12)22/h1-5,12-14,21H,6-10H2,(H2,18,24)(H,19,22)(H,20,23). The molecule has 0 aromatic heterocycles. The highest BCUT2D eigenvalue weighted by Gasteiger charge is 2.30. The van der Waals surface area contributed by atoms with Gasteiger partial charge < -0.3 is 26.2 Å². The summed E-state index contributed by atoms with van der Waals surface area (Å²) in [5.41, 5.74) is 5.86. The summed E-state index contributed by atoms with van der Waals surface area (Å²) >= 11 is 0. The van der Waals surface area contributed by atoms with E-state index in [1.54, 1.807) is 12.1 Å². The van der Waals surface area contributed by atoms with Crippen molar-refractivity contribution in [1.82, 2.24) is 10.6 Å². The van der Waals surface area contributed by atoms with E-state index < -0.39 is 24.1 Å². The SMILES string of the molecule is NC(=O)OC(Cc1ccccc1)C(=O)NC(CO)CC1CCNC1=O. The predicted molar refractivity (Wildman–Crippen MR) is 89.4 cm³/mol. The van der Waals surface area contributed by atoms with Gasteiger partial charge in [0.2, 0.25) is 5.91 Å². The molecule has 25 heavy (non-hydrogen) atoms. The molecule has 3 atom stereocenters. The van der Waals surface area contributed by atoms with Crippen molar-refractivity contribution in [2.24, 2.45) is 11.7 Å². The summed E-state index contributed by atoms with van der Waals surface area (Å²) in [7, 11) is 0. The van der Waals surface area contributed by atoms with Gasteiger partial charge >= 0.3 is 6.09 Å². The van der Waals surface area contributed by atoms with Gasteiger partial charge in [0.15, 0.2) is 6.10 Å². The number of aliphatic hydroxyl groups is 1. The number of hydrogen-bond donors (Lipinski definition) is 4. The Morgan fingerprint density at radius 2 is 2.08 bits per heavy atom. The zero-order chi connectivity index (χ0) is 18.2. The minimum Gasteiger partial charge on any atom is -0.436 e. The second kappa shape index (κ2) is 9.03. The average molecular weight is 349 g/mol. The summed E-state index contributed by atoms with van der Waals surface area (Å²) in [6.45, 7) is 0.279. The molecule has 0 radical (unpaired) electrons. The minimum absolute atomic E-state index is 0.0816. The number of ether oxygens (including phenoxy) is 1. The summed E-state index contributed by atoms with van der Waals surface area (Å²) in [6.07, 6.45) is -1.00. The van der Waals surface area contributed by atoms with Crippen LogP contribution in [0.5, 0.6) is 0 Å². The Bertz CT molecular complexity index is 608. The fraction of sp³-hybridized carbons (Fsp3) is 0.471. The molecule has 1 aliphatic heterocycles. The lowest BCUT2D eigenvalue weighted by Crippen LogP contribution is -2.47. The van der Waals surface area contributed by atoms with Crippen molar-refractivity contribution in [2.45, 2.75) is 31.4 Å². The maximum atomic E-state index is 12.5. The van der Waals surface area contributed by atoms with E-state index in [1.807, 2.05) is 18.2 Å². The highest BCUT2D eigenvalue weighted by atomic mass is 16.6. The molecule has 1 heterocycles. The van der Waals surface area contributed by atoms with Crippen molar-refractivity contribution in [3.05, 3.63) is 35.9 Å². The van der Waals surface area contributed by atoms with Gasteiger partial charge in [0.05, 0.1) is 12.6 Å². The normalized spacial score (nSPS) is 18.9. The van der Waals surface area contributed by atoms with Gasteiger partial charge in [-0.3, -0.25) is 9.59 Å².